The molecular weight excluding hydrogens is 430 g/mol. The Kier molecular flexibility index (Phi) is 5.56. The highest BCUT2D eigenvalue weighted by Crippen LogP contribution is 2.44. The summed E-state index contributed by atoms with van der Waals surface area (Å²) in [6.45, 7) is 3.07. The molecule has 1 N–H and O–H groups in total. The number of amides is 2. The van der Waals surface area contributed by atoms with Crippen LogP contribution in [0.25, 0.3) is 0 Å². The molecule has 1 aliphatic carbocycles. The molecule has 6 nitrogen and oxygen atoms in total. The van der Waals surface area contributed by atoms with E-state index in [9.17, 15) is 27.2 Å². The van der Waals surface area contributed by atoms with Gasteiger partial charge in [0.05, 0.1) is 6.54 Å². The number of rotatable bonds is 5. The number of nitrogens with zero attached hydrogens (tertiary/aromatic N) is 2. The monoisotopic (exact) mass is 451 g/mol. The van der Waals surface area contributed by atoms with Crippen LogP contribution in [0.1, 0.15) is 37.3 Å². The number of nitrogens with one attached hydrogen (secondary N) is 1. The number of pyridine rings is 1. The number of alkyl halides is 2. The first-order chi connectivity index (χ1) is 15.0. The van der Waals surface area contributed by atoms with Gasteiger partial charge in [0.2, 0.25) is 17.7 Å². The smallest absolute Gasteiger partial charge is 0.268 e. The molecule has 10 heteroatoms. The van der Waals surface area contributed by atoms with Gasteiger partial charge in [0.15, 0.2) is 6.10 Å². The zero-order valence-electron chi connectivity index (χ0n) is 17.4. The van der Waals surface area contributed by atoms with Gasteiger partial charge in [-0.3, -0.25) is 14.5 Å². The molecule has 32 heavy (non-hydrogen) atoms. The van der Waals surface area contributed by atoms with E-state index < -0.39 is 35.5 Å². The van der Waals surface area contributed by atoms with Crippen molar-refractivity contribution in [3.05, 3.63) is 47.0 Å². The van der Waals surface area contributed by atoms with Crippen LogP contribution in [0.4, 0.5) is 29.1 Å². The minimum atomic E-state index is -2.70. The number of anilines is 2. The van der Waals surface area contributed by atoms with Crippen molar-refractivity contribution in [2.75, 3.05) is 10.2 Å². The first kappa shape index (κ1) is 22.0. The standard InChI is InChI=1S/C22H21F4N3O3/c1-11-3-17-20(28-19(11)27-18(30)6-14-8-22(25,26)9-14)32-12(2)21(31)29(17)10-13-4-15(23)7-16(24)5-13/h3-5,7,12,14H,6,8-10H2,1-2H3,(H,27,28,30). The van der Waals surface area contributed by atoms with Gasteiger partial charge in [-0.15, -0.1) is 0 Å². The Labute approximate surface area is 181 Å². The van der Waals surface area contributed by atoms with Crippen molar-refractivity contribution in [1.29, 1.82) is 0 Å². The Morgan fingerprint density at radius 1 is 1.22 bits per heavy atom. The number of hydrogen-bond acceptors (Lipinski definition) is 4. The third-order valence-electron chi connectivity index (χ3n) is 5.52. The predicted molar refractivity (Wildman–Crippen MR) is 108 cm³/mol. The van der Waals surface area contributed by atoms with E-state index in [1.54, 1.807) is 13.0 Å². The van der Waals surface area contributed by atoms with Crippen LogP contribution in [-0.2, 0) is 16.1 Å². The molecule has 1 aromatic carbocycles. The summed E-state index contributed by atoms with van der Waals surface area (Å²) in [5.41, 5.74) is 1.06. The predicted octanol–water partition coefficient (Wildman–Crippen LogP) is 4.36. The molecule has 0 saturated heterocycles. The molecule has 170 valence electrons. The van der Waals surface area contributed by atoms with Gasteiger partial charge in [0.25, 0.3) is 5.91 Å². The fraction of sp³-hybridized carbons (Fsp3) is 0.409. The fourth-order valence-corrected chi connectivity index (χ4v) is 3.97. The Morgan fingerprint density at radius 3 is 2.50 bits per heavy atom. The Bertz CT molecular complexity index is 1060. The number of ether oxygens (including phenoxy) is 1. The Balaban J connectivity index is 1.55. The third-order valence-corrected chi connectivity index (χ3v) is 5.52. The van der Waals surface area contributed by atoms with Crippen molar-refractivity contribution >= 4 is 23.3 Å². The van der Waals surface area contributed by atoms with Crippen molar-refractivity contribution in [3.63, 3.8) is 0 Å². The molecule has 1 aliphatic heterocycles. The zero-order valence-corrected chi connectivity index (χ0v) is 17.4. The summed E-state index contributed by atoms with van der Waals surface area (Å²) in [5.74, 6) is -5.17. The summed E-state index contributed by atoms with van der Waals surface area (Å²) >= 11 is 0. The van der Waals surface area contributed by atoms with Gasteiger partial charge in [0.1, 0.15) is 23.1 Å². The lowest BCUT2D eigenvalue weighted by Gasteiger charge is -2.34. The topological polar surface area (TPSA) is 71.5 Å². The van der Waals surface area contributed by atoms with Crippen LogP contribution in [0.5, 0.6) is 5.88 Å². The molecule has 1 saturated carbocycles. The zero-order chi connectivity index (χ0) is 23.2. The van der Waals surface area contributed by atoms with Crippen molar-refractivity contribution in [1.82, 2.24) is 4.98 Å². The summed E-state index contributed by atoms with van der Waals surface area (Å²) in [4.78, 5) is 30.6. The Hall–Kier alpha value is -3.17. The van der Waals surface area contributed by atoms with Crippen LogP contribution in [0.3, 0.4) is 0 Å². The lowest BCUT2D eigenvalue weighted by atomic mass is 9.79. The molecule has 0 bridgehead atoms. The fourth-order valence-electron chi connectivity index (χ4n) is 3.97. The van der Waals surface area contributed by atoms with Crippen molar-refractivity contribution in [2.24, 2.45) is 5.92 Å². The summed E-state index contributed by atoms with van der Waals surface area (Å²) < 4.78 is 58.7. The normalized spacial score (nSPS) is 19.8. The van der Waals surface area contributed by atoms with E-state index in [-0.39, 0.29) is 49.0 Å². The molecule has 1 atom stereocenters. The molecule has 1 fully saturated rings. The number of carbonyl (C=O) groups excluding carboxylic acids is 2. The first-order valence-corrected chi connectivity index (χ1v) is 10.1. The van der Waals surface area contributed by atoms with Crippen LogP contribution in [0, 0.1) is 24.5 Å². The number of aromatic nitrogens is 1. The lowest BCUT2D eigenvalue weighted by Crippen LogP contribution is -2.44. The number of aryl methyl sites for hydroxylation is 1. The van der Waals surface area contributed by atoms with Crippen LogP contribution in [0.15, 0.2) is 24.3 Å². The number of benzene rings is 1. The van der Waals surface area contributed by atoms with Crippen LogP contribution in [0.2, 0.25) is 0 Å². The maximum absolute atomic E-state index is 13.6. The maximum Gasteiger partial charge on any atom is 0.268 e. The lowest BCUT2D eigenvalue weighted by molar-refractivity contribution is -0.130. The van der Waals surface area contributed by atoms with Gasteiger partial charge in [0, 0.05) is 25.3 Å². The van der Waals surface area contributed by atoms with Gasteiger partial charge >= 0.3 is 0 Å². The van der Waals surface area contributed by atoms with E-state index in [2.05, 4.69) is 10.3 Å². The second-order valence-electron chi connectivity index (χ2n) is 8.32. The molecule has 2 amide bonds. The van der Waals surface area contributed by atoms with E-state index in [1.807, 2.05) is 0 Å². The SMILES string of the molecule is Cc1cc2c(nc1NC(=O)CC1CC(F)(F)C1)OC(C)C(=O)N2Cc1cc(F)cc(F)c1. The molecule has 1 unspecified atom stereocenters. The Morgan fingerprint density at radius 2 is 1.88 bits per heavy atom. The molecular formula is C22H21F4N3O3. The third kappa shape index (κ3) is 4.53. The van der Waals surface area contributed by atoms with E-state index in [4.69, 9.17) is 4.74 Å². The first-order valence-electron chi connectivity index (χ1n) is 10.1. The maximum atomic E-state index is 13.6. The minimum Gasteiger partial charge on any atom is -0.463 e. The highest BCUT2D eigenvalue weighted by Gasteiger charge is 2.45. The van der Waals surface area contributed by atoms with E-state index in [1.165, 1.54) is 11.8 Å². The number of carbonyl (C=O) groups is 2. The highest BCUT2D eigenvalue weighted by molar-refractivity contribution is 6.00. The average molecular weight is 451 g/mol. The molecule has 0 radical (unpaired) electrons. The highest BCUT2D eigenvalue weighted by atomic mass is 19.3. The minimum absolute atomic E-state index is 0.0409. The molecule has 2 aromatic rings. The van der Waals surface area contributed by atoms with Crippen molar-refractivity contribution < 1.29 is 31.9 Å². The van der Waals surface area contributed by atoms with E-state index in [0.29, 0.717) is 11.3 Å². The summed E-state index contributed by atoms with van der Waals surface area (Å²) in [6.07, 6.45) is -1.57. The van der Waals surface area contributed by atoms with Gasteiger partial charge in [-0.25, -0.2) is 17.6 Å². The molecule has 0 spiro atoms. The van der Waals surface area contributed by atoms with Gasteiger partial charge in [-0.05, 0) is 49.1 Å². The number of fused-ring (bicyclic) bond motifs is 1. The number of halogens is 4. The van der Waals surface area contributed by atoms with Crippen LogP contribution in [-0.4, -0.2) is 28.8 Å². The largest absolute Gasteiger partial charge is 0.463 e. The molecule has 2 heterocycles. The summed E-state index contributed by atoms with van der Waals surface area (Å²) in [7, 11) is 0. The molecule has 1 aromatic heterocycles. The summed E-state index contributed by atoms with van der Waals surface area (Å²) in [5, 5.41) is 2.61. The van der Waals surface area contributed by atoms with Gasteiger partial charge < -0.3 is 10.1 Å². The second kappa shape index (κ2) is 8.07. The second-order valence-corrected chi connectivity index (χ2v) is 8.32. The van der Waals surface area contributed by atoms with Gasteiger partial charge in [-0.1, -0.05) is 0 Å². The van der Waals surface area contributed by atoms with E-state index in [0.717, 1.165) is 18.2 Å². The van der Waals surface area contributed by atoms with Crippen LogP contribution < -0.4 is 15.0 Å². The van der Waals surface area contributed by atoms with Gasteiger partial charge in [-0.2, -0.15) is 4.98 Å². The van der Waals surface area contributed by atoms with Crippen molar-refractivity contribution in [2.45, 2.75) is 51.7 Å². The summed E-state index contributed by atoms with van der Waals surface area (Å²) in [6, 6.07) is 4.59. The van der Waals surface area contributed by atoms with Crippen LogP contribution >= 0.6 is 0 Å². The van der Waals surface area contributed by atoms with E-state index >= 15 is 0 Å². The quantitative estimate of drug-likeness (QED) is 0.686. The average Bonchev–Trinajstić information content (AvgIpc) is 2.65. The molecule has 4 rings (SSSR count). The van der Waals surface area contributed by atoms with Crippen molar-refractivity contribution in [3.8, 4) is 5.88 Å². The molecule has 2 aliphatic rings. The number of hydrogen-bond donors (Lipinski definition) is 1.